The molecule has 1 amide bonds. The van der Waals surface area contributed by atoms with Crippen molar-refractivity contribution >= 4 is 28.7 Å². The molecule has 0 unspecified atom stereocenters. The number of nitrogens with zero attached hydrogens (tertiary/aromatic N) is 2. The van der Waals surface area contributed by atoms with Crippen molar-refractivity contribution in [2.75, 3.05) is 31.3 Å². The van der Waals surface area contributed by atoms with Crippen molar-refractivity contribution in [2.45, 2.75) is 6.42 Å². The second-order valence-corrected chi connectivity index (χ2v) is 4.07. The average Bonchev–Trinajstić information content (AvgIpc) is 2.78. The van der Waals surface area contributed by atoms with Crippen molar-refractivity contribution in [3.05, 3.63) is 18.2 Å². The highest BCUT2D eigenvalue weighted by atomic mass is 16.4. The molecule has 18 heavy (non-hydrogen) atoms. The van der Waals surface area contributed by atoms with E-state index in [1.807, 2.05) is 7.05 Å². The second kappa shape index (κ2) is 4.95. The van der Waals surface area contributed by atoms with Crippen LogP contribution in [0.4, 0.5) is 11.7 Å². The van der Waals surface area contributed by atoms with Crippen LogP contribution in [0.5, 0.6) is 0 Å². The third-order valence-corrected chi connectivity index (χ3v) is 2.68. The van der Waals surface area contributed by atoms with Gasteiger partial charge in [0.1, 0.15) is 5.52 Å². The Balaban J connectivity index is 2.13. The standard InChI is InChI=1S/C12H16N4O2/c1-14-11(17)5-6-16(2)12-15-9-7-8(13)3-4-10(9)18-12/h3-4,7H,5-6,13H2,1-2H3,(H,14,17). The Morgan fingerprint density at radius 2 is 2.33 bits per heavy atom. The summed E-state index contributed by atoms with van der Waals surface area (Å²) in [6.45, 7) is 0.544. The SMILES string of the molecule is CNC(=O)CCN(C)c1nc2cc(N)ccc2o1. The number of hydrogen-bond donors (Lipinski definition) is 2. The average molecular weight is 248 g/mol. The molecule has 0 aliphatic carbocycles. The molecule has 0 aliphatic rings. The molecule has 1 heterocycles. The van der Waals surface area contributed by atoms with Gasteiger partial charge in [0.2, 0.25) is 5.91 Å². The molecule has 0 radical (unpaired) electrons. The number of rotatable bonds is 4. The number of nitrogens with two attached hydrogens (primary N) is 1. The van der Waals surface area contributed by atoms with Crippen molar-refractivity contribution < 1.29 is 9.21 Å². The van der Waals surface area contributed by atoms with E-state index in [0.29, 0.717) is 30.3 Å². The van der Waals surface area contributed by atoms with Crippen LogP contribution >= 0.6 is 0 Å². The molecular formula is C12H16N4O2. The van der Waals surface area contributed by atoms with Gasteiger partial charge in [-0.15, -0.1) is 0 Å². The molecule has 0 atom stereocenters. The molecule has 0 aliphatic heterocycles. The van der Waals surface area contributed by atoms with Crippen LogP contribution in [-0.2, 0) is 4.79 Å². The Bertz CT molecular complexity index is 564. The quantitative estimate of drug-likeness (QED) is 0.788. The van der Waals surface area contributed by atoms with E-state index in [9.17, 15) is 4.79 Å². The summed E-state index contributed by atoms with van der Waals surface area (Å²) in [4.78, 5) is 17.3. The Labute approximate surface area is 105 Å². The molecule has 2 rings (SSSR count). The van der Waals surface area contributed by atoms with Gasteiger partial charge in [-0.1, -0.05) is 0 Å². The third-order valence-electron chi connectivity index (χ3n) is 2.68. The number of oxazole rings is 1. The van der Waals surface area contributed by atoms with Crippen LogP contribution in [0.15, 0.2) is 22.6 Å². The molecule has 0 saturated heterocycles. The smallest absolute Gasteiger partial charge is 0.298 e. The number of nitrogen functional groups attached to an aromatic ring is 1. The van der Waals surface area contributed by atoms with Crippen LogP contribution in [0, 0.1) is 0 Å². The first-order valence-electron chi connectivity index (χ1n) is 5.68. The van der Waals surface area contributed by atoms with Crippen molar-refractivity contribution in [3.63, 3.8) is 0 Å². The largest absolute Gasteiger partial charge is 0.423 e. The highest BCUT2D eigenvalue weighted by Gasteiger charge is 2.11. The van der Waals surface area contributed by atoms with Gasteiger partial charge < -0.3 is 20.4 Å². The number of anilines is 2. The summed E-state index contributed by atoms with van der Waals surface area (Å²) in [6, 6.07) is 5.80. The summed E-state index contributed by atoms with van der Waals surface area (Å²) in [7, 11) is 3.45. The van der Waals surface area contributed by atoms with Gasteiger partial charge in [0.15, 0.2) is 5.58 Å². The van der Waals surface area contributed by atoms with Crippen LogP contribution in [0.2, 0.25) is 0 Å². The summed E-state index contributed by atoms with van der Waals surface area (Å²) in [5.41, 5.74) is 7.73. The maximum Gasteiger partial charge on any atom is 0.298 e. The number of carbonyl (C=O) groups excluding carboxylic acids is 1. The van der Waals surface area contributed by atoms with E-state index in [0.717, 1.165) is 5.52 Å². The van der Waals surface area contributed by atoms with Gasteiger partial charge >= 0.3 is 0 Å². The van der Waals surface area contributed by atoms with E-state index in [1.54, 1.807) is 30.1 Å². The first-order valence-corrected chi connectivity index (χ1v) is 5.68. The molecule has 3 N–H and O–H groups in total. The zero-order valence-corrected chi connectivity index (χ0v) is 10.4. The Hall–Kier alpha value is -2.24. The minimum atomic E-state index is -0.0118. The summed E-state index contributed by atoms with van der Waals surface area (Å²) in [5.74, 6) is -0.0118. The molecular weight excluding hydrogens is 232 g/mol. The highest BCUT2D eigenvalue weighted by molar-refractivity contribution is 5.78. The summed E-state index contributed by atoms with van der Waals surface area (Å²) >= 11 is 0. The van der Waals surface area contributed by atoms with Crippen molar-refractivity contribution in [2.24, 2.45) is 0 Å². The van der Waals surface area contributed by atoms with Crippen molar-refractivity contribution in [1.29, 1.82) is 0 Å². The normalized spacial score (nSPS) is 10.6. The van der Waals surface area contributed by atoms with Gasteiger partial charge in [-0.3, -0.25) is 4.79 Å². The monoisotopic (exact) mass is 248 g/mol. The second-order valence-electron chi connectivity index (χ2n) is 4.07. The lowest BCUT2D eigenvalue weighted by molar-refractivity contribution is -0.120. The van der Waals surface area contributed by atoms with Crippen LogP contribution in [0.3, 0.4) is 0 Å². The van der Waals surface area contributed by atoms with Gasteiger partial charge in [0, 0.05) is 32.7 Å². The molecule has 1 aromatic heterocycles. The van der Waals surface area contributed by atoms with E-state index < -0.39 is 0 Å². The van der Waals surface area contributed by atoms with Gasteiger partial charge in [-0.25, -0.2) is 0 Å². The lowest BCUT2D eigenvalue weighted by atomic mass is 10.3. The summed E-state index contributed by atoms with van der Waals surface area (Å²) in [6.07, 6.45) is 0.397. The van der Waals surface area contributed by atoms with Gasteiger partial charge in [0.05, 0.1) is 0 Å². The maximum absolute atomic E-state index is 11.2. The van der Waals surface area contributed by atoms with Crippen LogP contribution in [0.25, 0.3) is 11.1 Å². The van der Waals surface area contributed by atoms with Crippen molar-refractivity contribution in [1.82, 2.24) is 10.3 Å². The first-order chi connectivity index (χ1) is 8.60. The van der Waals surface area contributed by atoms with E-state index >= 15 is 0 Å². The van der Waals surface area contributed by atoms with Crippen LogP contribution < -0.4 is 16.0 Å². The first kappa shape index (κ1) is 12.2. The van der Waals surface area contributed by atoms with Crippen molar-refractivity contribution in [3.8, 4) is 0 Å². The molecule has 0 fully saturated rings. The van der Waals surface area contributed by atoms with E-state index in [-0.39, 0.29) is 5.91 Å². The summed E-state index contributed by atoms with van der Waals surface area (Å²) < 4.78 is 5.58. The Morgan fingerprint density at radius 3 is 3.06 bits per heavy atom. The molecule has 96 valence electrons. The predicted octanol–water partition coefficient (Wildman–Crippen LogP) is 0.982. The third kappa shape index (κ3) is 2.53. The minimum Gasteiger partial charge on any atom is -0.423 e. The molecule has 1 aromatic carbocycles. The fraction of sp³-hybridized carbons (Fsp3) is 0.333. The van der Waals surface area contributed by atoms with Gasteiger partial charge in [-0.05, 0) is 18.2 Å². The molecule has 6 nitrogen and oxygen atoms in total. The number of benzene rings is 1. The van der Waals surface area contributed by atoms with E-state index in [1.165, 1.54) is 0 Å². The molecule has 2 aromatic rings. The zero-order chi connectivity index (χ0) is 13.1. The number of carbonyl (C=O) groups is 1. The number of nitrogens with one attached hydrogen (secondary N) is 1. The van der Waals surface area contributed by atoms with E-state index in [2.05, 4.69) is 10.3 Å². The lowest BCUT2D eigenvalue weighted by Crippen LogP contribution is -2.26. The highest BCUT2D eigenvalue weighted by Crippen LogP contribution is 2.22. The summed E-state index contributed by atoms with van der Waals surface area (Å²) in [5, 5.41) is 2.57. The fourth-order valence-electron chi connectivity index (χ4n) is 1.59. The predicted molar refractivity (Wildman–Crippen MR) is 70.4 cm³/mol. The molecule has 0 spiro atoms. The Kier molecular flexibility index (Phi) is 3.36. The van der Waals surface area contributed by atoms with Crippen LogP contribution in [0.1, 0.15) is 6.42 Å². The lowest BCUT2D eigenvalue weighted by Gasteiger charge is -2.12. The zero-order valence-electron chi connectivity index (χ0n) is 10.4. The number of fused-ring (bicyclic) bond motifs is 1. The van der Waals surface area contributed by atoms with Crippen LogP contribution in [-0.4, -0.2) is 31.5 Å². The number of aromatic nitrogens is 1. The topological polar surface area (TPSA) is 84.4 Å². The molecule has 0 bridgehead atoms. The maximum atomic E-state index is 11.2. The Morgan fingerprint density at radius 1 is 1.56 bits per heavy atom. The minimum absolute atomic E-state index is 0.0118. The fourth-order valence-corrected chi connectivity index (χ4v) is 1.59. The molecule has 6 heteroatoms. The van der Waals surface area contributed by atoms with Gasteiger partial charge in [-0.2, -0.15) is 4.98 Å². The number of amides is 1. The van der Waals surface area contributed by atoms with Gasteiger partial charge in [0.25, 0.3) is 6.01 Å². The van der Waals surface area contributed by atoms with E-state index in [4.69, 9.17) is 10.2 Å². The molecule has 0 saturated carbocycles. The number of hydrogen-bond acceptors (Lipinski definition) is 5.